The van der Waals surface area contributed by atoms with Crippen molar-refractivity contribution < 1.29 is 13.0 Å². The van der Waals surface area contributed by atoms with Gasteiger partial charge in [0.1, 0.15) is 0 Å². The molecule has 120 valence electrons. The molecule has 1 aliphatic carbocycles. The van der Waals surface area contributed by atoms with Gasteiger partial charge in [0.15, 0.2) is 0 Å². The fourth-order valence-corrected chi connectivity index (χ4v) is 4.07. The molecule has 0 unspecified atom stereocenters. The van der Waals surface area contributed by atoms with Crippen LogP contribution in [-0.4, -0.2) is 31.3 Å². The minimum Gasteiger partial charge on any atom is -0.313 e. The van der Waals surface area contributed by atoms with Crippen LogP contribution in [0.15, 0.2) is 0 Å². The third-order valence-electron chi connectivity index (χ3n) is 3.87. The maximum atomic E-state index is 10.6. The zero-order valence-electron chi connectivity index (χ0n) is 12.3. The highest BCUT2D eigenvalue weighted by Crippen LogP contribution is 2.17. The molecule has 0 spiro atoms. The summed E-state index contributed by atoms with van der Waals surface area (Å²) < 4.78 is 29.9. The van der Waals surface area contributed by atoms with E-state index < -0.39 is 9.15 Å². The minimum absolute atomic E-state index is 0.412. The van der Waals surface area contributed by atoms with Crippen molar-refractivity contribution >= 4 is 19.9 Å². The molecule has 6 heteroatoms. The van der Waals surface area contributed by atoms with E-state index in [4.69, 9.17) is 4.55 Å². The fraction of sp³-hybridized carbons (Fsp3) is 1.00. The lowest BCUT2D eigenvalue weighted by molar-refractivity contribution is 0.412. The van der Waals surface area contributed by atoms with E-state index in [-0.39, 0.29) is 0 Å². The van der Waals surface area contributed by atoms with E-state index in [0.29, 0.717) is 29.1 Å². The molecule has 2 N–H and O–H groups in total. The molecule has 0 heterocycles. The van der Waals surface area contributed by atoms with Crippen molar-refractivity contribution in [1.29, 1.82) is 0 Å². The Hall–Kier alpha value is 0.220. The van der Waals surface area contributed by atoms with Gasteiger partial charge in [-0.2, -0.15) is 8.42 Å². The van der Waals surface area contributed by atoms with Crippen molar-refractivity contribution in [1.82, 2.24) is 5.32 Å². The third-order valence-corrected chi connectivity index (χ3v) is 5.93. The van der Waals surface area contributed by atoms with E-state index in [1.165, 1.54) is 70.6 Å². The van der Waals surface area contributed by atoms with Gasteiger partial charge in [-0.1, -0.05) is 57.8 Å². The van der Waals surface area contributed by atoms with Crippen molar-refractivity contribution in [2.45, 2.75) is 76.7 Å². The Morgan fingerprint density at radius 2 is 1.35 bits per heavy atom. The number of hydrogen-bond donors (Lipinski definition) is 2. The summed E-state index contributed by atoms with van der Waals surface area (Å²) in [5, 5.41) is 3.45. The number of nitrogens with one attached hydrogen (secondary N) is 1. The second kappa shape index (κ2) is 10.9. The highest BCUT2D eigenvalue weighted by atomic mass is 33.1. The number of hydrogen-bond acceptors (Lipinski definition) is 4. The second-order valence-corrected chi connectivity index (χ2v) is 9.13. The summed E-state index contributed by atoms with van der Waals surface area (Å²) in [7, 11) is -3.27. The van der Waals surface area contributed by atoms with Crippen LogP contribution in [0.1, 0.15) is 70.6 Å². The van der Waals surface area contributed by atoms with Gasteiger partial charge < -0.3 is 5.32 Å². The van der Waals surface area contributed by atoms with Crippen LogP contribution in [0.4, 0.5) is 0 Å². The Kier molecular flexibility index (Phi) is 9.94. The summed E-state index contributed by atoms with van der Waals surface area (Å²) in [5.74, 6) is 0.412. The molecule has 0 bridgehead atoms. The largest absolute Gasteiger partial charge is 0.319 e. The molecule has 0 aromatic rings. The lowest BCUT2D eigenvalue weighted by Gasteiger charge is -2.19. The van der Waals surface area contributed by atoms with Crippen molar-refractivity contribution in [2.24, 2.45) is 0 Å². The summed E-state index contributed by atoms with van der Waals surface area (Å²) >= 11 is 0. The monoisotopic (exact) mass is 323 g/mol. The average molecular weight is 324 g/mol. The summed E-state index contributed by atoms with van der Waals surface area (Å²) in [6.07, 6.45) is 14.4. The molecule has 0 atom stereocenters. The lowest BCUT2D eigenvalue weighted by Crippen LogP contribution is -2.31. The molecule has 1 rings (SSSR count). The van der Waals surface area contributed by atoms with Crippen molar-refractivity contribution in [2.75, 3.05) is 12.3 Å². The Morgan fingerprint density at radius 1 is 0.900 bits per heavy atom. The first-order chi connectivity index (χ1) is 9.58. The first-order valence-electron chi connectivity index (χ1n) is 7.93. The van der Waals surface area contributed by atoms with Crippen molar-refractivity contribution in [3.8, 4) is 0 Å². The molecule has 0 saturated heterocycles. The van der Waals surface area contributed by atoms with Gasteiger partial charge in [-0.15, -0.1) is 0 Å². The van der Waals surface area contributed by atoms with Gasteiger partial charge in [0.05, 0.1) is 0 Å². The maximum absolute atomic E-state index is 10.6. The molecule has 4 nitrogen and oxygen atoms in total. The zero-order valence-corrected chi connectivity index (χ0v) is 14.0. The van der Waals surface area contributed by atoms with Crippen LogP contribution in [0.3, 0.4) is 0 Å². The molecule has 1 fully saturated rings. The van der Waals surface area contributed by atoms with Crippen LogP contribution in [-0.2, 0) is 9.15 Å². The minimum atomic E-state index is -3.88. The highest BCUT2D eigenvalue weighted by molar-refractivity contribution is 8.69. The van der Waals surface area contributed by atoms with Gasteiger partial charge in [0.2, 0.25) is 0 Å². The topological polar surface area (TPSA) is 66.4 Å². The molecule has 1 saturated carbocycles. The molecular weight excluding hydrogens is 294 g/mol. The van der Waals surface area contributed by atoms with E-state index in [1.54, 1.807) is 0 Å². The third kappa shape index (κ3) is 10.9. The highest BCUT2D eigenvalue weighted by Gasteiger charge is 2.10. The van der Waals surface area contributed by atoms with Gasteiger partial charge >= 0.3 is 9.15 Å². The van der Waals surface area contributed by atoms with Crippen LogP contribution in [0, 0.1) is 0 Å². The maximum Gasteiger partial charge on any atom is 0.319 e. The average Bonchev–Trinajstić information content (AvgIpc) is 2.36. The predicted molar refractivity (Wildman–Crippen MR) is 86.6 cm³/mol. The second-order valence-electron chi connectivity index (χ2n) is 5.66. The Labute approximate surface area is 127 Å². The van der Waals surface area contributed by atoms with Crippen LogP contribution in [0.25, 0.3) is 0 Å². The first-order valence-corrected chi connectivity index (χ1v) is 10.9. The fourth-order valence-electron chi connectivity index (χ4n) is 2.78. The molecule has 20 heavy (non-hydrogen) atoms. The smallest absolute Gasteiger partial charge is 0.313 e. The van der Waals surface area contributed by atoms with Crippen LogP contribution in [0.5, 0.6) is 0 Å². The van der Waals surface area contributed by atoms with Gasteiger partial charge in [-0.05, 0) is 23.6 Å². The molecular formula is C14H29NO3S2. The van der Waals surface area contributed by atoms with Crippen molar-refractivity contribution in [3.63, 3.8) is 0 Å². The van der Waals surface area contributed by atoms with Gasteiger partial charge in [-0.3, -0.25) is 4.55 Å². The number of rotatable bonds is 5. The van der Waals surface area contributed by atoms with Gasteiger partial charge in [0.25, 0.3) is 0 Å². The van der Waals surface area contributed by atoms with Crippen LogP contribution in [0.2, 0.25) is 0 Å². The standard InChI is InChI=1S/C14H29NO3S2/c16-20(17,18)19-13-12-15-14-10-8-6-4-2-1-3-5-7-9-11-14/h14-15H,1-13H2,(H,16,17,18). The SMILES string of the molecule is O=S(=O)(O)SCCNC1CCCCCCCCCCC1. The Morgan fingerprint density at radius 3 is 1.80 bits per heavy atom. The quantitative estimate of drug-likeness (QED) is 0.458. The Bertz CT molecular complexity index is 321. The first kappa shape index (κ1) is 18.3. The zero-order chi connectivity index (χ0) is 14.7. The lowest BCUT2D eigenvalue weighted by atomic mass is 9.98. The van der Waals surface area contributed by atoms with Gasteiger partial charge in [-0.25, -0.2) is 0 Å². The summed E-state index contributed by atoms with van der Waals surface area (Å²) in [6, 6.07) is 0.511. The van der Waals surface area contributed by atoms with Crippen molar-refractivity contribution in [3.05, 3.63) is 0 Å². The van der Waals surface area contributed by atoms with E-state index in [1.807, 2.05) is 0 Å². The molecule has 0 radical (unpaired) electrons. The summed E-state index contributed by atoms with van der Waals surface area (Å²) in [4.78, 5) is 0. The van der Waals surface area contributed by atoms with Gasteiger partial charge in [0, 0.05) is 18.3 Å². The van der Waals surface area contributed by atoms with E-state index in [2.05, 4.69) is 5.32 Å². The summed E-state index contributed by atoms with van der Waals surface area (Å²) in [6.45, 7) is 0.648. The normalized spacial score (nSPS) is 21.1. The molecule has 1 aliphatic rings. The predicted octanol–water partition coefficient (Wildman–Crippen LogP) is 3.79. The Balaban J connectivity index is 2.21. The van der Waals surface area contributed by atoms with E-state index >= 15 is 0 Å². The molecule has 0 aromatic heterocycles. The molecule has 0 aliphatic heterocycles. The summed E-state index contributed by atoms with van der Waals surface area (Å²) in [5.41, 5.74) is 0. The molecule has 0 amide bonds. The van der Waals surface area contributed by atoms with E-state index in [0.717, 1.165) is 0 Å². The van der Waals surface area contributed by atoms with Crippen LogP contribution >= 0.6 is 10.8 Å². The van der Waals surface area contributed by atoms with E-state index in [9.17, 15) is 8.42 Å². The van der Waals surface area contributed by atoms with Crippen LogP contribution < -0.4 is 5.32 Å². The molecule has 0 aromatic carbocycles.